The monoisotopic (exact) mass is 250 g/mol. The maximum atomic E-state index is 5.85. The fourth-order valence-electron chi connectivity index (χ4n) is 1.98. The van der Waals surface area contributed by atoms with Gasteiger partial charge in [-0.2, -0.15) is 5.12 Å². The fourth-order valence-corrected chi connectivity index (χ4v) is 2.39. The van der Waals surface area contributed by atoms with Crippen molar-refractivity contribution in [1.82, 2.24) is 10.2 Å². The van der Waals surface area contributed by atoms with Crippen LogP contribution < -0.4 is 16.9 Å². The molecule has 17 heavy (non-hydrogen) atoms. The van der Waals surface area contributed by atoms with Crippen molar-refractivity contribution in [2.45, 2.75) is 17.1 Å². The molecule has 1 saturated heterocycles. The Morgan fingerprint density at radius 3 is 2.53 bits per heavy atom. The summed E-state index contributed by atoms with van der Waals surface area (Å²) in [4.78, 5) is 1.23. The minimum absolute atomic E-state index is 0.0322. The van der Waals surface area contributed by atoms with Crippen LogP contribution in [0.3, 0.4) is 0 Å². The maximum absolute atomic E-state index is 5.85. The second-order valence-electron chi connectivity index (χ2n) is 3.97. The van der Waals surface area contributed by atoms with E-state index in [-0.39, 0.29) is 12.2 Å². The Morgan fingerprint density at radius 2 is 2.06 bits per heavy atom. The fraction of sp³-hybridized carbons (Fsp3) is 0.300. The standard InChI is InChI=1S/C10H14N6S/c1-17-7-4-2-6(3-5-7)13-15-8-9(11)14-16(15)10(8)12/h2-5,8,10,13H,12H2,1H3,(H2,11,14). The number of hydrogen-bond donors (Lipinski definition) is 3. The Balaban J connectivity index is 1.69. The molecule has 3 heterocycles. The number of nitrogens with two attached hydrogens (primary N) is 2. The van der Waals surface area contributed by atoms with Gasteiger partial charge in [-0.3, -0.25) is 5.43 Å². The van der Waals surface area contributed by atoms with Crippen LogP contribution in [0.25, 0.3) is 0 Å². The SMILES string of the molecule is CSc1ccc(NN2C3C(N)=NN2C3N)cc1. The third-order valence-corrected chi connectivity index (χ3v) is 3.67. The van der Waals surface area contributed by atoms with Crippen molar-refractivity contribution in [3.63, 3.8) is 0 Å². The molecule has 4 rings (SSSR count). The molecule has 90 valence electrons. The molecule has 3 aliphatic rings. The number of thioether (sulfide) groups is 1. The molecule has 5 N–H and O–H groups in total. The lowest BCUT2D eigenvalue weighted by Crippen LogP contribution is -2.72. The molecule has 2 unspecified atom stereocenters. The van der Waals surface area contributed by atoms with E-state index in [9.17, 15) is 0 Å². The van der Waals surface area contributed by atoms with E-state index in [0.717, 1.165) is 5.69 Å². The molecule has 1 fully saturated rings. The summed E-state index contributed by atoms with van der Waals surface area (Å²) in [6, 6.07) is 8.14. The van der Waals surface area contributed by atoms with Gasteiger partial charge in [0.15, 0.2) is 0 Å². The number of hydrazine groups is 2. The van der Waals surface area contributed by atoms with Gasteiger partial charge in [0, 0.05) is 4.90 Å². The molecular formula is C10H14N6S. The number of rotatable bonds is 3. The average Bonchev–Trinajstić information content (AvgIpc) is 2.83. The van der Waals surface area contributed by atoms with Crippen LogP contribution in [0.1, 0.15) is 0 Å². The molecule has 1 aromatic carbocycles. The predicted octanol–water partition coefficient (Wildman–Crippen LogP) is 0.207. The first-order valence-corrected chi connectivity index (χ1v) is 6.52. The van der Waals surface area contributed by atoms with E-state index < -0.39 is 0 Å². The van der Waals surface area contributed by atoms with Gasteiger partial charge in [0.2, 0.25) is 0 Å². The minimum Gasteiger partial charge on any atom is -0.384 e. The number of hydrogen-bond acceptors (Lipinski definition) is 7. The minimum atomic E-state index is -0.132. The quantitative estimate of drug-likeness (QED) is 0.665. The number of nitrogens with zero attached hydrogens (tertiary/aromatic N) is 3. The van der Waals surface area contributed by atoms with E-state index in [4.69, 9.17) is 11.5 Å². The normalized spacial score (nSPS) is 26.7. The average molecular weight is 250 g/mol. The van der Waals surface area contributed by atoms with Crippen LogP contribution in [0.15, 0.2) is 34.3 Å². The number of benzene rings is 1. The highest BCUT2D eigenvalue weighted by Crippen LogP contribution is 2.30. The Hall–Kier alpha value is -1.44. The van der Waals surface area contributed by atoms with E-state index in [0.29, 0.717) is 5.84 Å². The summed E-state index contributed by atoms with van der Waals surface area (Å²) in [5.41, 5.74) is 15.8. The van der Waals surface area contributed by atoms with Crippen molar-refractivity contribution in [3.8, 4) is 0 Å². The smallest absolute Gasteiger partial charge is 0.147 e. The Morgan fingerprint density at radius 1 is 1.35 bits per heavy atom. The highest BCUT2D eigenvalue weighted by molar-refractivity contribution is 7.98. The molecule has 1 aromatic rings. The van der Waals surface area contributed by atoms with Crippen molar-refractivity contribution in [3.05, 3.63) is 24.3 Å². The van der Waals surface area contributed by atoms with E-state index >= 15 is 0 Å². The zero-order chi connectivity index (χ0) is 12.0. The first-order chi connectivity index (χ1) is 8.20. The third-order valence-electron chi connectivity index (χ3n) is 2.93. The molecule has 6 nitrogen and oxygen atoms in total. The van der Waals surface area contributed by atoms with Gasteiger partial charge in [-0.05, 0) is 30.5 Å². The summed E-state index contributed by atoms with van der Waals surface area (Å²) < 4.78 is 0. The molecule has 0 saturated carbocycles. The zero-order valence-electron chi connectivity index (χ0n) is 9.37. The van der Waals surface area contributed by atoms with Crippen molar-refractivity contribution in [2.24, 2.45) is 16.6 Å². The Bertz CT molecular complexity index is 458. The number of hydrazone groups is 1. The molecule has 0 aliphatic carbocycles. The van der Waals surface area contributed by atoms with Gasteiger partial charge < -0.3 is 11.5 Å². The maximum Gasteiger partial charge on any atom is 0.147 e. The summed E-state index contributed by atoms with van der Waals surface area (Å²) >= 11 is 1.72. The van der Waals surface area contributed by atoms with Gasteiger partial charge in [0.1, 0.15) is 18.0 Å². The van der Waals surface area contributed by atoms with Crippen molar-refractivity contribution in [1.29, 1.82) is 0 Å². The van der Waals surface area contributed by atoms with Crippen molar-refractivity contribution >= 4 is 23.3 Å². The summed E-state index contributed by atoms with van der Waals surface area (Å²) in [6.45, 7) is 0. The number of nitrogens with one attached hydrogen (secondary N) is 1. The predicted molar refractivity (Wildman–Crippen MR) is 68.9 cm³/mol. The van der Waals surface area contributed by atoms with Gasteiger partial charge in [-0.25, -0.2) is 0 Å². The van der Waals surface area contributed by atoms with Crippen LogP contribution in [-0.2, 0) is 0 Å². The highest BCUT2D eigenvalue weighted by atomic mass is 32.2. The molecule has 2 bridgehead atoms. The van der Waals surface area contributed by atoms with Crippen LogP contribution in [0.5, 0.6) is 0 Å². The molecule has 7 heteroatoms. The molecular weight excluding hydrogens is 236 g/mol. The summed E-state index contributed by atoms with van der Waals surface area (Å²) in [5.74, 6) is 0.561. The largest absolute Gasteiger partial charge is 0.384 e. The van der Waals surface area contributed by atoms with Crippen LogP contribution in [0.2, 0.25) is 0 Å². The summed E-state index contributed by atoms with van der Waals surface area (Å²) in [7, 11) is 0. The number of amidine groups is 1. The van der Waals surface area contributed by atoms with Crippen LogP contribution in [0.4, 0.5) is 5.69 Å². The van der Waals surface area contributed by atoms with Gasteiger partial charge in [0.25, 0.3) is 0 Å². The van der Waals surface area contributed by atoms with Crippen LogP contribution in [0, 0.1) is 0 Å². The van der Waals surface area contributed by atoms with Gasteiger partial charge >= 0.3 is 0 Å². The second-order valence-corrected chi connectivity index (χ2v) is 4.85. The molecule has 0 amide bonds. The Kier molecular flexibility index (Phi) is 2.39. The van der Waals surface area contributed by atoms with Crippen LogP contribution in [-0.4, -0.2) is 34.5 Å². The van der Waals surface area contributed by atoms with E-state index in [2.05, 4.69) is 28.9 Å². The van der Waals surface area contributed by atoms with E-state index in [1.165, 1.54) is 4.90 Å². The lowest BCUT2D eigenvalue weighted by atomic mass is 10.2. The lowest BCUT2D eigenvalue weighted by Gasteiger charge is -2.46. The van der Waals surface area contributed by atoms with Gasteiger partial charge in [-0.1, -0.05) is 0 Å². The van der Waals surface area contributed by atoms with Gasteiger partial charge in [-0.15, -0.1) is 22.0 Å². The van der Waals surface area contributed by atoms with Crippen LogP contribution >= 0.6 is 11.8 Å². The lowest BCUT2D eigenvalue weighted by molar-refractivity contribution is -0.143. The van der Waals surface area contributed by atoms with Gasteiger partial charge in [0.05, 0.1) is 5.69 Å². The first-order valence-electron chi connectivity index (χ1n) is 5.29. The van der Waals surface area contributed by atoms with E-state index in [1.807, 2.05) is 17.3 Å². The topological polar surface area (TPSA) is 82.9 Å². The first kappa shape index (κ1) is 10.7. The molecule has 0 aromatic heterocycles. The van der Waals surface area contributed by atoms with Crippen molar-refractivity contribution in [2.75, 3.05) is 11.7 Å². The number of anilines is 1. The van der Waals surface area contributed by atoms with E-state index in [1.54, 1.807) is 16.9 Å². The van der Waals surface area contributed by atoms with Crippen molar-refractivity contribution < 1.29 is 0 Å². The third kappa shape index (κ3) is 1.54. The second kappa shape index (κ2) is 3.80. The zero-order valence-corrected chi connectivity index (χ0v) is 10.2. The summed E-state index contributed by atoms with van der Waals surface area (Å²) in [5, 5.41) is 7.61. The molecule has 0 radical (unpaired) electrons. The molecule has 2 atom stereocenters. The highest BCUT2D eigenvalue weighted by Gasteiger charge is 2.53. The Labute approximate surface area is 104 Å². The summed E-state index contributed by atoms with van der Waals surface area (Å²) in [6.07, 6.45) is 1.92. The molecule has 0 spiro atoms. The molecule has 3 aliphatic heterocycles.